The summed E-state index contributed by atoms with van der Waals surface area (Å²) < 4.78 is 5.76. The molecule has 0 heterocycles. The summed E-state index contributed by atoms with van der Waals surface area (Å²) >= 11 is 0. The number of nitrogens with one attached hydrogen (secondary N) is 2. The summed E-state index contributed by atoms with van der Waals surface area (Å²) in [7, 11) is 0. The number of aryl methyl sites for hydroxylation is 1. The number of carbonyl (C=O) groups is 1. The van der Waals surface area contributed by atoms with Crippen LogP contribution in [0.2, 0.25) is 0 Å². The number of ether oxygens (including phenoxy) is 1. The number of rotatable bonds is 9. The summed E-state index contributed by atoms with van der Waals surface area (Å²) in [5.41, 5.74) is 2.15. The first-order valence-corrected chi connectivity index (χ1v) is 7.83. The highest BCUT2D eigenvalue weighted by Crippen LogP contribution is 2.23. The van der Waals surface area contributed by atoms with Crippen LogP contribution in [0.1, 0.15) is 44.7 Å². The molecule has 118 valence electrons. The topological polar surface area (TPSA) is 50.4 Å². The highest BCUT2D eigenvalue weighted by atomic mass is 16.5. The Kier molecular flexibility index (Phi) is 7.83. The predicted molar refractivity (Wildman–Crippen MR) is 86.6 cm³/mol. The van der Waals surface area contributed by atoms with Gasteiger partial charge in [0.25, 0.3) is 5.91 Å². The molecule has 0 fully saturated rings. The summed E-state index contributed by atoms with van der Waals surface area (Å²) in [5.74, 6) is 0.763. The highest BCUT2D eigenvalue weighted by molar-refractivity contribution is 5.77. The second-order valence-corrected chi connectivity index (χ2v) is 5.21. The highest BCUT2D eigenvalue weighted by Gasteiger charge is 2.11. The van der Waals surface area contributed by atoms with Gasteiger partial charge in [0.2, 0.25) is 0 Å². The fraction of sp³-hybridized carbons (Fsp3) is 0.588. The maximum atomic E-state index is 11.9. The molecule has 2 N–H and O–H groups in total. The van der Waals surface area contributed by atoms with Crippen molar-refractivity contribution >= 4 is 5.91 Å². The van der Waals surface area contributed by atoms with Gasteiger partial charge >= 0.3 is 0 Å². The molecular weight excluding hydrogens is 264 g/mol. The molecule has 1 rings (SSSR count). The van der Waals surface area contributed by atoms with E-state index < -0.39 is 0 Å². The van der Waals surface area contributed by atoms with Crippen molar-refractivity contribution < 1.29 is 9.53 Å². The molecule has 0 aliphatic rings. The van der Waals surface area contributed by atoms with Crippen LogP contribution in [0.15, 0.2) is 18.2 Å². The van der Waals surface area contributed by atoms with Crippen molar-refractivity contribution in [1.29, 1.82) is 0 Å². The summed E-state index contributed by atoms with van der Waals surface area (Å²) in [6.45, 7) is 9.95. The quantitative estimate of drug-likeness (QED) is 0.736. The lowest BCUT2D eigenvalue weighted by atomic mass is 10.1. The molecule has 0 atom stereocenters. The standard InChI is InChI=1S/C17H28N2O2/c1-5-15(6-2)19-16(20)12-21-17-13(4)9-8-10-14(17)11-18-7-3/h8-10,15,18H,5-7,11-12H2,1-4H3,(H,19,20). The molecule has 0 aliphatic carbocycles. The molecule has 4 nitrogen and oxygen atoms in total. The van der Waals surface area contributed by atoms with Crippen LogP contribution in [-0.2, 0) is 11.3 Å². The smallest absolute Gasteiger partial charge is 0.258 e. The van der Waals surface area contributed by atoms with E-state index in [2.05, 4.69) is 31.4 Å². The normalized spacial score (nSPS) is 10.7. The van der Waals surface area contributed by atoms with Gasteiger partial charge in [-0.05, 0) is 31.9 Å². The number of hydrogen-bond acceptors (Lipinski definition) is 3. The monoisotopic (exact) mass is 292 g/mol. The summed E-state index contributed by atoms with van der Waals surface area (Å²) in [5, 5.41) is 6.28. The van der Waals surface area contributed by atoms with Gasteiger partial charge in [-0.3, -0.25) is 4.79 Å². The minimum Gasteiger partial charge on any atom is -0.483 e. The fourth-order valence-corrected chi connectivity index (χ4v) is 2.22. The lowest BCUT2D eigenvalue weighted by Crippen LogP contribution is -2.37. The van der Waals surface area contributed by atoms with Crippen molar-refractivity contribution in [2.75, 3.05) is 13.2 Å². The molecule has 0 saturated heterocycles. The van der Waals surface area contributed by atoms with Crippen molar-refractivity contribution in [2.24, 2.45) is 0 Å². The van der Waals surface area contributed by atoms with Gasteiger partial charge in [-0.15, -0.1) is 0 Å². The second-order valence-electron chi connectivity index (χ2n) is 5.21. The van der Waals surface area contributed by atoms with Gasteiger partial charge in [-0.25, -0.2) is 0 Å². The van der Waals surface area contributed by atoms with E-state index in [0.717, 1.165) is 42.8 Å². The molecule has 0 unspecified atom stereocenters. The average Bonchev–Trinajstić information content (AvgIpc) is 2.49. The molecule has 1 aromatic carbocycles. The third kappa shape index (κ3) is 5.76. The van der Waals surface area contributed by atoms with Crippen molar-refractivity contribution in [1.82, 2.24) is 10.6 Å². The average molecular weight is 292 g/mol. The Morgan fingerprint density at radius 3 is 2.57 bits per heavy atom. The van der Waals surface area contributed by atoms with E-state index in [-0.39, 0.29) is 18.6 Å². The number of carbonyl (C=O) groups excluding carboxylic acids is 1. The zero-order chi connectivity index (χ0) is 15.7. The maximum Gasteiger partial charge on any atom is 0.258 e. The van der Waals surface area contributed by atoms with E-state index in [1.165, 1.54) is 0 Å². The molecule has 1 amide bonds. The molecule has 0 radical (unpaired) electrons. The van der Waals surface area contributed by atoms with E-state index in [1.54, 1.807) is 0 Å². The molecule has 0 spiro atoms. The minimum atomic E-state index is -0.0543. The minimum absolute atomic E-state index is 0.0543. The Bertz CT molecular complexity index is 442. The van der Waals surface area contributed by atoms with E-state index in [4.69, 9.17) is 4.74 Å². The van der Waals surface area contributed by atoms with Crippen LogP contribution in [-0.4, -0.2) is 25.1 Å². The fourth-order valence-electron chi connectivity index (χ4n) is 2.22. The Balaban J connectivity index is 2.63. The third-order valence-electron chi connectivity index (χ3n) is 3.56. The number of hydrogen-bond donors (Lipinski definition) is 2. The van der Waals surface area contributed by atoms with E-state index in [9.17, 15) is 4.79 Å². The first-order chi connectivity index (χ1) is 10.1. The second kappa shape index (κ2) is 9.40. The third-order valence-corrected chi connectivity index (χ3v) is 3.56. The molecule has 0 saturated carbocycles. The first kappa shape index (κ1) is 17.5. The van der Waals surface area contributed by atoms with Gasteiger partial charge in [0, 0.05) is 18.2 Å². The van der Waals surface area contributed by atoms with Crippen molar-refractivity contribution in [3.8, 4) is 5.75 Å². The van der Waals surface area contributed by atoms with Crippen molar-refractivity contribution in [2.45, 2.75) is 53.1 Å². The van der Waals surface area contributed by atoms with E-state index in [0.29, 0.717) is 0 Å². The molecule has 4 heteroatoms. The lowest BCUT2D eigenvalue weighted by Gasteiger charge is -2.17. The van der Waals surface area contributed by atoms with Crippen LogP contribution in [0.5, 0.6) is 5.75 Å². The van der Waals surface area contributed by atoms with Crippen LogP contribution in [0.3, 0.4) is 0 Å². The molecular formula is C17H28N2O2. The Morgan fingerprint density at radius 2 is 1.95 bits per heavy atom. The summed E-state index contributed by atoms with van der Waals surface area (Å²) in [4.78, 5) is 11.9. The number of amides is 1. The SMILES string of the molecule is CCNCc1cccc(C)c1OCC(=O)NC(CC)CC. The number of para-hydroxylation sites is 1. The van der Waals surface area contributed by atoms with Gasteiger partial charge < -0.3 is 15.4 Å². The largest absolute Gasteiger partial charge is 0.483 e. The van der Waals surface area contributed by atoms with Gasteiger partial charge in [0.1, 0.15) is 5.75 Å². The summed E-state index contributed by atoms with van der Waals surface area (Å²) in [6.07, 6.45) is 1.89. The van der Waals surface area contributed by atoms with Crippen LogP contribution < -0.4 is 15.4 Å². The zero-order valence-electron chi connectivity index (χ0n) is 13.7. The molecule has 1 aromatic rings. The van der Waals surface area contributed by atoms with Crippen LogP contribution in [0.4, 0.5) is 0 Å². The van der Waals surface area contributed by atoms with Crippen LogP contribution in [0.25, 0.3) is 0 Å². The van der Waals surface area contributed by atoms with Gasteiger partial charge in [0.15, 0.2) is 6.61 Å². The first-order valence-electron chi connectivity index (χ1n) is 7.83. The molecule has 0 aromatic heterocycles. The van der Waals surface area contributed by atoms with Gasteiger partial charge in [-0.1, -0.05) is 39.0 Å². The summed E-state index contributed by atoms with van der Waals surface area (Å²) in [6, 6.07) is 6.28. The van der Waals surface area contributed by atoms with E-state index in [1.807, 2.05) is 25.1 Å². The van der Waals surface area contributed by atoms with Crippen LogP contribution in [0, 0.1) is 6.92 Å². The Morgan fingerprint density at radius 1 is 1.24 bits per heavy atom. The molecule has 0 aliphatic heterocycles. The van der Waals surface area contributed by atoms with Gasteiger partial charge in [-0.2, -0.15) is 0 Å². The van der Waals surface area contributed by atoms with Crippen LogP contribution >= 0.6 is 0 Å². The maximum absolute atomic E-state index is 11.9. The van der Waals surface area contributed by atoms with Gasteiger partial charge in [0.05, 0.1) is 0 Å². The van der Waals surface area contributed by atoms with Crippen molar-refractivity contribution in [3.63, 3.8) is 0 Å². The predicted octanol–water partition coefficient (Wildman–Crippen LogP) is 2.79. The Hall–Kier alpha value is -1.55. The lowest BCUT2D eigenvalue weighted by molar-refractivity contribution is -0.123. The van der Waals surface area contributed by atoms with Crippen molar-refractivity contribution in [3.05, 3.63) is 29.3 Å². The molecule has 21 heavy (non-hydrogen) atoms. The molecule has 0 bridgehead atoms. The van der Waals surface area contributed by atoms with E-state index >= 15 is 0 Å². The zero-order valence-corrected chi connectivity index (χ0v) is 13.7. The number of benzene rings is 1. The Labute approximate surface area is 128 Å².